The van der Waals surface area contributed by atoms with Gasteiger partial charge in [0.05, 0.1) is 13.3 Å². The third-order valence-corrected chi connectivity index (χ3v) is 5.10. The van der Waals surface area contributed by atoms with E-state index in [0.717, 1.165) is 25.9 Å². The van der Waals surface area contributed by atoms with Crippen molar-refractivity contribution in [1.82, 2.24) is 14.6 Å². The fourth-order valence-corrected chi connectivity index (χ4v) is 3.75. The standard InChI is InChI=1S/C13H21N3O3S/c1-3-16-8-4-5-11(16)9-15-20(17,18)13-10-14-7-6-12(13)19-2/h6-7,10-11,15H,3-5,8-9H2,1-2H3. The van der Waals surface area contributed by atoms with Crippen LogP contribution in [0.3, 0.4) is 0 Å². The first-order chi connectivity index (χ1) is 9.58. The normalized spacial score (nSPS) is 20.2. The average Bonchev–Trinajstić information content (AvgIpc) is 2.92. The Balaban J connectivity index is 2.08. The zero-order chi connectivity index (χ0) is 14.6. The van der Waals surface area contributed by atoms with Crippen molar-refractivity contribution in [3.63, 3.8) is 0 Å². The molecule has 0 radical (unpaired) electrons. The van der Waals surface area contributed by atoms with Crippen molar-refractivity contribution >= 4 is 10.0 Å². The molecule has 20 heavy (non-hydrogen) atoms. The Morgan fingerprint density at radius 1 is 1.55 bits per heavy atom. The van der Waals surface area contributed by atoms with Gasteiger partial charge >= 0.3 is 0 Å². The molecule has 1 aliphatic heterocycles. The third kappa shape index (κ3) is 3.28. The van der Waals surface area contributed by atoms with Crippen LogP contribution < -0.4 is 9.46 Å². The summed E-state index contributed by atoms with van der Waals surface area (Å²) in [5, 5.41) is 0. The second-order valence-electron chi connectivity index (χ2n) is 4.80. The minimum absolute atomic E-state index is 0.0866. The van der Waals surface area contributed by atoms with Crippen LogP contribution in [0, 0.1) is 0 Å². The van der Waals surface area contributed by atoms with Gasteiger partial charge in [0.1, 0.15) is 10.6 Å². The predicted molar refractivity (Wildman–Crippen MR) is 76.2 cm³/mol. The molecule has 0 spiro atoms. The van der Waals surface area contributed by atoms with E-state index >= 15 is 0 Å². The highest BCUT2D eigenvalue weighted by Crippen LogP contribution is 2.22. The molecule has 1 N–H and O–H groups in total. The molecular weight excluding hydrogens is 278 g/mol. The van der Waals surface area contributed by atoms with Crippen LogP contribution in [-0.4, -0.2) is 51.1 Å². The molecule has 0 bridgehead atoms. The van der Waals surface area contributed by atoms with Crippen LogP contribution in [-0.2, 0) is 10.0 Å². The molecule has 6 nitrogen and oxygen atoms in total. The fraction of sp³-hybridized carbons (Fsp3) is 0.615. The average molecular weight is 299 g/mol. The highest BCUT2D eigenvalue weighted by molar-refractivity contribution is 7.89. The summed E-state index contributed by atoms with van der Waals surface area (Å²) in [6.07, 6.45) is 4.97. The molecule has 1 unspecified atom stereocenters. The zero-order valence-electron chi connectivity index (χ0n) is 11.9. The highest BCUT2D eigenvalue weighted by atomic mass is 32.2. The van der Waals surface area contributed by atoms with Crippen LogP contribution in [0.25, 0.3) is 0 Å². The molecule has 0 aromatic carbocycles. The maximum absolute atomic E-state index is 12.3. The molecular formula is C13H21N3O3S. The van der Waals surface area contributed by atoms with Gasteiger partial charge in [-0.15, -0.1) is 0 Å². The Kier molecular flexibility index (Phi) is 4.95. The van der Waals surface area contributed by atoms with Gasteiger partial charge in [-0.3, -0.25) is 9.88 Å². The first kappa shape index (κ1) is 15.2. The molecule has 0 saturated carbocycles. The first-order valence-electron chi connectivity index (χ1n) is 6.80. The summed E-state index contributed by atoms with van der Waals surface area (Å²) in [4.78, 5) is 6.24. The first-order valence-corrected chi connectivity index (χ1v) is 8.28. The minimum Gasteiger partial charge on any atom is -0.495 e. The lowest BCUT2D eigenvalue weighted by molar-refractivity contribution is 0.268. The number of nitrogens with one attached hydrogen (secondary N) is 1. The van der Waals surface area contributed by atoms with Crippen LogP contribution in [0.15, 0.2) is 23.4 Å². The van der Waals surface area contributed by atoms with Gasteiger partial charge in [0.15, 0.2) is 0 Å². The van der Waals surface area contributed by atoms with E-state index in [1.807, 2.05) is 0 Å². The van der Waals surface area contributed by atoms with Crippen LogP contribution in [0.5, 0.6) is 5.75 Å². The van der Waals surface area contributed by atoms with Gasteiger partial charge in [-0.25, -0.2) is 13.1 Å². The molecule has 1 saturated heterocycles. The number of aromatic nitrogens is 1. The lowest BCUT2D eigenvalue weighted by Crippen LogP contribution is -2.40. The van der Waals surface area contributed by atoms with E-state index in [2.05, 4.69) is 21.5 Å². The van der Waals surface area contributed by atoms with Crippen molar-refractivity contribution in [2.24, 2.45) is 0 Å². The van der Waals surface area contributed by atoms with Gasteiger partial charge in [-0.2, -0.15) is 0 Å². The molecule has 0 aliphatic carbocycles. The predicted octanol–water partition coefficient (Wildman–Crippen LogP) is 0.853. The maximum Gasteiger partial charge on any atom is 0.245 e. The Morgan fingerprint density at radius 2 is 2.35 bits per heavy atom. The molecule has 2 rings (SSSR count). The summed E-state index contributed by atoms with van der Waals surface area (Å²) < 4.78 is 32.4. The maximum atomic E-state index is 12.3. The van der Waals surface area contributed by atoms with Crippen LogP contribution in [0.2, 0.25) is 0 Å². The molecule has 1 fully saturated rings. The van der Waals surface area contributed by atoms with Gasteiger partial charge in [0, 0.05) is 18.8 Å². The molecule has 7 heteroatoms. The van der Waals surface area contributed by atoms with E-state index < -0.39 is 10.0 Å². The van der Waals surface area contributed by atoms with Crippen molar-refractivity contribution in [3.8, 4) is 5.75 Å². The summed E-state index contributed by atoms with van der Waals surface area (Å²) in [7, 11) is -2.14. The van der Waals surface area contributed by atoms with E-state index in [-0.39, 0.29) is 10.9 Å². The Bertz CT molecular complexity index is 548. The summed E-state index contributed by atoms with van der Waals surface area (Å²) >= 11 is 0. The molecule has 2 heterocycles. The summed E-state index contributed by atoms with van der Waals surface area (Å²) in [5.74, 6) is 0.311. The van der Waals surface area contributed by atoms with Crippen molar-refractivity contribution in [2.45, 2.75) is 30.7 Å². The van der Waals surface area contributed by atoms with Crippen molar-refractivity contribution in [2.75, 3.05) is 26.7 Å². The van der Waals surface area contributed by atoms with E-state index in [9.17, 15) is 8.42 Å². The van der Waals surface area contributed by atoms with Gasteiger partial charge in [-0.1, -0.05) is 6.92 Å². The second-order valence-corrected chi connectivity index (χ2v) is 6.54. The van der Waals surface area contributed by atoms with Crippen LogP contribution in [0.4, 0.5) is 0 Å². The second kappa shape index (κ2) is 6.51. The van der Waals surface area contributed by atoms with E-state index in [1.54, 1.807) is 6.07 Å². The number of likely N-dealkylation sites (N-methyl/N-ethyl adjacent to an activating group) is 1. The molecule has 1 aliphatic rings. The minimum atomic E-state index is -3.59. The number of hydrogen-bond acceptors (Lipinski definition) is 5. The molecule has 1 aromatic rings. The van der Waals surface area contributed by atoms with Gasteiger partial charge in [-0.05, 0) is 32.0 Å². The number of ether oxygens (including phenoxy) is 1. The lowest BCUT2D eigenvalue weighted by atomic mass is 10.2. The van der Waals surface area contributed by atoms with Gasteiger partial charge < -0.3 is 4.74 Å². The SMILES string of the molecule is CCN1CCCC1CNS(=O)(=O)c1cnccc1OC. The zero-order valence-corrected chi connectivity index (χ0v) is 12.7. The van der Waals surface area contributed by atoms with E-state index in [1.165, 1.54) is 19.5 Å². The summed E-state index contributed by atoms with van der Waals surface area (Å²) in [5.41, 5.74) is 0. The smallest absolute Gasteiger partial charge is 0.245 e. The lowest BCUT2D eigenvalue weighted by Gasteiger charge is -2.23. The van der Waals surface area contributed by atoms with Crippen molar-refractivity contribution < 1.29 is 13.2 Å². The van der Waals surface area contributed by atoms with Gasteiger partial charge in [0.2, 0.25) is 10.0 Å². The van der Waals surface area contributed by atoms with E-state index in [0.29, 0.717) is 12.3 Å². The number of likely N-dealkylation sites (tertiary alicyclic amines) is 1. The number of rotatable bonds is 6. The topological polar surface area (TPSA) is 71.5 Å². The fourth-order valence-electron chi connectivity index (χ4n) is 2.56. The van der Waals surface area contributed by atoms with Gasteiger partial charge in [0.25, 0.3) is 0 Å². The summed E-state index contributed by atoms with van der Waals surface area (Å²) in [6, 6.07) is 1.82. The van der Waals surface area contributed by atoms with Crippen LogP contribution >= 0.6 is 0 Å². The summed E-state index contributed by atoms with van der Waals surface area (Å²) in [6.45, 7) is 4.51. The quantitative estimate of drug-likeness (QED) is 0.843. The number of hydrogen-bond donors (Lipinski definition) is 1. The number of sulfonamides is 1. The monoisotopic (exact) mass is 299 g/mol. The largest absolute Gasteiger partial charge is 0.495 e. The number of pyridine rings is 1. The molecule has 0 amide bonds. The van der Waals surface area contributed by atoms with Crippen molar-refractivity contribution in [3.05, 3.63) is 18.5 Å². The molecule has 1 aromatic heterocycles. The van der Waals surface area contributed by atoms with E-state index in [4.69, 9.17) is 4.74 Å². The molecule has 1 atom stereocenters. The number of methoxy groups -OCH3 is 1. The number of nitrogens with zero attached hydrogens (tertiary/aromatic N) is 2. The Hall–Kier alpha value is -1.18. The third-order valence-electron chi connectivity index (χ3n) is 3.67. The Labute approximate surface area is 120 Å². The van der Waals surface area contributed by atoms with Crippen LogP contribution in [0.1, 0.15) is 19.8 Å². The highest BCUT2D eigenvalue weighted by Gasteiger charge is 2.26. The Morgan fingerprint density at radius 3 is 3.05 bits per heavy atom. The molecule has 112 valence electrons. The van der Waals surface area contributed by atoms with Crippen molar-refractivity contribution in [1.29, 1.82) is 0 Å².